The Hall–Kier alpha value is -1.50. The van der Waals surface area contributed by atoms with E-state index in [1.54, 1.807) is 6.20 Å². The number of halogens is 1. The van der Waals surface area contributed by atoms with Crippen molar-refractivity contribution in [2.45, 2.75) is 28.9 Å². The first kappa shape index (κ1) is 16.0. The smallest absolute Gasteiger partial charge is 0.293 e. The quantitative estimate of drug-likeness (QED) is 0.903. The molecular weight excluding hydrogens is 346 g/mol. The number of carbonyl (C=O) groups is 1. The summed E-state index contributed by atoms with van der Waals surface area (Å²) >= 11 is 7.09. The number of hydrogen-bond acceptors (Lipinski definition) is 5. The highest BCUT2D eigenvalue weighted by atomic mass is 35.5. The van der Waals surface area contributed by atoms with Crippen LogP contribution >= 0.6 is 23.4 Å². The summed E-state index contributed by atoms with van der Waals surface area (Å²) < 4.78 is 5.23. The molecule has 5 rings (SSSR count). The number of aromatic nitrogens is 1. The van der Waals surface area contributed by atoms with E-state index < -0.39 is 0 Å². The Balaban J connectivity index is 1.38. The normalized spacial score (nSPS) is 25.6. The van der Waals surface area contributed by atoms with Crippen LogP contribution in [0.1, 0.15) is 23.2 Å². The molecule has 0 unspecified atom stereocenters. The summed E-state index contributed by atoms with van der Waals surface area (Å²) in [5, 5.41) is 3.97. The van der Waals surface area contributed by atoms with Gasteiger partial charge in [0.1, 0.15) is 0 Å². The van der Waals surface area contributed by atoms with Crippen molar-refractivity contribution in [3.05, 3.63) is 41.4 Å². The van der Waals surface area contributed by atoms with E-state index in [4.69, 9.17) is 16.0 Å². The summed E-state index contributed by atoms with van der Waals surface area (Å²) in [6.07, 6.45) is 3.97. The van der Waals surface area contributed by atoms with Gasteiger partial charge in [-0.2, -0.15) is 0 Å². The maximum Gasteiger partial charge on any atom is 0.293 e. The Morgan fingerprint density at radius 3 is 2.62 bits per heavy atom. The van der Waals surface area contributed by atoms with Gasteiger partial charge < -0.3 is 14.6 Å². The summed E-state index contributed by atoms with van der Waals surface area (Å²) in [6.45, 7) is 3.33. The van der Waals surface area contributed by atoms with Gasteiger partial charge in [0, 0.05) is 23.0 Å². The average Bonchev–Trinajstić information content (AvgIpc) is 3.01. The number of amides is 1. The van der Waals surface area contributed by atoms with Gasteiger partial charge in [-0.25, -0.2) is 4.98 Å². The lowest BCUT2D eigenvalue weighted by Gasteiger charge is -2.44. The van der Waals surface area contributed by atoms with Crippen molar-refractivity contribution in [2.24, 2.45) is 5.92 Å². The highest BCUT2D eigenvalue weighted by molar-refractivity contribution is 7.99. The Morgan fingerprint density at radius 2 is 2.04 bits per heavy atom. The van der Waals surface area contributed by atoms with Crippen LogP contribution in [-0.4, -0.2) is 41.5 Å². The predicted molar refractivity (Wildman–Crippen MR) is 92.5 cm³/mol. The van der Waals surface area contributed by atoms with Gasteiger partial charge in [0.05, 0.1) is 6.20 Å². The van der Waals surface area contributed by atoms with Crippen LogP contribution in [0, 0.1) is 5.92 Å². The molecule has 0 aliphatic carbocycles. The van der Waals surface area contributed by atoms with Crippen molar-refractivity contribution in [1.29, 1.82) is 0 Å². The van der Waals surface area contributed by atoms with Crippen molar-refractivity contribution in [3.63, 3.8) is 0 Å². The van der Waals surface area contributed by atoms with Gasteiger partial charge in [-0.3, -0.25) is 4.79 Å². The van der Waals surface area contributed by atoms with Crippen molar-refractivity contribution in [1.82, 2.24) is 15.2 Å². The van der Waals surface area contributed by atoms with Gasteiger partial charge in [-0.15, -0.1) is 0 Å². The van der Waals surface area contributed by atoms with Gasteiger partial charge in [0.25, 0.3) is 11.3 Å². The summed E-state index contributed by atoms with van der Waals surface area (Å²) in [5.74, 6) is 0.637. The minimum absolute atomic E-state index is 0.00742. The SMILES string of the molecule is O=C(N[C@H]1CN2CCC1CC2)c1ccc(Sc2cnc(Cl)o2)cc1. The molecule has 1 atom stereocenters. The average molecular weight is 364 g/mol. The molecule has 0 saturated carbocycles. The zero-order chi connectivity index (χ0) is 16.5. The van der Waals surface area contributed by atoms with E-state index in [1.807, 2.05) is 24.3 Å². The first-order valence-electron chi connectivity index (χ1n) is 8.10. The van der Waals surface area contributed by atoms with Crippen LogP contribution in [0.15, 0.2) is 44.9 Å². The maximum absolute atomic E-state index is 12.5. The monoisotopic (exact) mass is 363 g/mol. The number of oxazole rings is 1. The Kier molecular flexibility index (Phi) is 4.52. The van der Waals surface area contributed by atoms with Crippen molar-refractivity contribution in [2.75, 3.05) is 19.6 Å². The molecule has 1 aromatic heterocycles. The molecule has 1 N–H and O–H groups in total. The molecule has 1 aromatic carbocycles. The lowest BCUT2D eigenvalue weighted by molar-refractivity contribution is 0.0620. The third-order valence-corrected chi connectivity index (χ3v) is 5.84. The van der Waals surface area contributed by atoms with E-state index in [1.165, 1.54) is 37.7 Å². The number of nitrogens with one attached hydrogen (secondary N) is 1. The molecular formula is C17H18ClN3O2S. The third kappa shape index (κ3) is 3.45. The zero-order valence-corrected chi connectivity index (χ0v) is 14.6. The van der Waals surface area contributed by atoms with Crippen molar-refractivity contribution in [3.8, 4) is 0 Å². The highest BCUT2D eigenvalue weighted by Gasteiger charge is 2.34. The zero-order valence-electron chi connectivity index (χ0n) is 13.1. The molecule has 126 valence electrons. The fourth-order valence-corrected chi connectivity index (χ4v) is 4.37. The van der Waals surface area contributed by atoms with E-state index >= 15 is 0 Å². The Bertz CT molecular complexity index is 726. The fourth-order valence-electron chi connectivity index (χ4n) is 3.46. The summed E-state index contributed by atoms with van der Waals surface area (Å²) in [7, 11) is 0. The third-order valence-electron chi connectivity index (χ3n) is 4.76. The molecule has 2 aromatic rings. The first-order valence-corrected chi connectivity index (χ1v) is 9.29. The van der Waals surface area contributed by atoms with Crippen LogP contribution in [0.2, 0.25) is 5.35 Å². The highest BCUT2D eigenvalue weighted by Crippen LogP contribution is 2.30. The van der Waals surface area contributed by atoms with Crippen LogP contribution in [-0.2, 0) is 0 Å². The molecule has 0 spiro atoms. The molecule has 3 fully saturated rings. The summed E-state index contributed by atoms with van der Waals surface area (Å²) in [5.41, 5.74) is 0.686. The fraction of sp³-hybridized carbons (Fsp3) is 0.412. The second kappa shape index (κ2) is 6.78. The Morgan fingerprint density at radius 1 is 1.29 bits per heavy atom. The van der Waals surface area contributed by atoms with Gasteiger partial charge in [0.15, 0.2) is 5.09 Å². The van der Waals surface area contributed by atoms with E-state index in [0.29, 0.717) is 16.6 Å². The van der Waals surface area contributed by atoms with Crippen molar-refractivity contribution < 1.29 is 9.21 Å². The molecule has 3 aliphatic heterocycles. The van der Waals surface area contributed by atoms with Gasteiger partial charge in [0.2, 0.25) is 0 Å². The number of piperidine rings is 3. The molecule has 5 nitrogen and oxygen atoms in total. The lowest BCUT2D eigenvalue weighted by Crippen LogP contribution is -2.57. The van der Waals surface area contributed by atoms with Crippen LogP contribution in [0.4, 0.5) is 0 Å². The van der Waals surface area contributed by atoms with E-state index in [2.05, 4.69) is 15.2 Å². The molecule has 3 aliphatic rings. The second-order valence-corrected chi connectivity index (χ2v) is 7.68. The maximum atomic E-state index is 12.5. The minimum Gasteiger partial charge on any atom is -0.421 e. The molecule has 4 heterocycles. The van der Waals surface area contributed by atoms with Crippen LogP contribution < -0.4 is 5.32 Å². The number of benzene rings is 1. The number of carbonyl (C=O) groups excluding carboxylic acids is 1. The number of hydrogen-bond donors (Lipinski definition) is 1. The van der Waals surface area contributed by atoms with E-state index in [-0.39, 0.29) is 17.3 Å². The van der Waals surface area contributed by atoms with Crippen molar-refractivity contribution >= 4 is 29.3 Å². The molecule has 3 saturated heterocycles. The summed E-state index contributed by atoms with van der Waals surface area (Å²) in [4.78, 5) is 19.7. The standard InChI is InChI=1S/C17H18ClN3O2S/c18-17-19-9-15(23-17)24-13-3-1-12(2-4-13)16(22)20-14-10-21-7-5-11(14)6-8-21/h1-4,9,11,14H,5-8,10H2,(H,20,22)/t14-/m0/s1. The summed E-state index contributed by atoms with van der Waals surface area (Å²) in [6, 6.07) is 7.79. The number of nitrogens with zero attached hydrogens (tertiary/aromatic N) is 2. The topological polar surface area (TPSA) is 58.4 Å². The van der Waals surface area contributed by atoms with Gasteiger partial charge in [-0.05, 0) is 67.7 Å². The lowest BCUT2D eigenvalue weighted by atomic mass is 9.84. The number of rotatable bonds is 4. The second-order valence-electron chi connectivity index (χ2n) is 6.28. The molecule has 0 radical (unpaired) electrons. The molecule has 1 amide bonds. The van der Waals surface area contributed by atoms with E-state index in [0.717, 1.165) is 11.4 Å². The number of fused-ring (bicyclic) bond motifs is 3. The molecule has 7 heteroatoms. The van der Waals surface area contributed by atoms with Crippen LogP contribution in [0.3, 0.4) is 0 Å². The molecule has 2 bridgehead atoms. The van der Waals surface area contributed by atoms with E-state index in [9.17, 15) is 4.79 Å². The van der Waals surface area contributed by atoms with Crippen LogP contribution in [0.25, 0.3) is 0 Å². The van der Waals surface area contributed by atoms with Gasteiger partial charge >= 0.3 is 0 Å². The minimum atomic E-state index is 0.00742. The predicted octanol–water partition coefficient (Wildman–Crippen LogP) is 3.30. The first-order chi connectivity index (χ1) is 11.7. The van der Waals surface area contributed by atoms with Crippen LogP contribution in [0.5, 0.6) is 0 Å². The Labute approximate surface area is 149 Å². The molecule has 24 heavy (non-hydrogen) atoms. The van der Waals surface area contributed by atoms with Gasteiger partial charge in [-0.1, -0.05) is 11.8 Å². The largest absolute Gasteiger partial charge is 0.421 e.